The highest BCUT2D eigenvalue weighted by molar-refractivity contribution is 5.27. The van der Waals surface area contributed by atoms with E-state index in [-0.39, 0.29) is 0 Å². The standard InChI is InChI=1S/C14H20N2O/c1-3-13(14-9-15-10-14)4-2-12(1)11-16-5-7-17-8-6-16/h1-4,14-15H,5-11H2. The number of hydrogen-bond acceptors (Lipinski definition) is 3. The van der Waals surface area contributed by atoms with Gasteiger partial charge in [-0.15, -0.1) is 0 Å². The number of rotatable bonds is 3. The van der Waals surface area contributed by atoms with Crippen LogP contribution < -0.4 is 5.32 Å². The zero-order valence-electron chi connectivity index (χ0n) is 10.2. The van der Waals surface area contributed by atoms with Crippen LogP contribution in [0.15, 0.2) is 24.3 Å². The number of benzene rings is 1. The highest BCUT2D eigenvalue weighted by Gasteiger charge is 2.18. The fourth-order valence-corrected chi connectivity index (χ4v) is 2.44. The molecular formula is C14H20N2O. The second kappa shape index (κ2) is 5.17. The van der Waals surface area contributed by atoms with E-state index in [2.05, 4.69) is 34.5 Å². The van der Waals surface area contributed by atoms with Crippen molar-refractivity contribution in [3.05, 3.63) is 35.4 Å². The molecule has 2 aliphatic rings. The molecule has 2 fully saturated rings. The summed E-state index contributed by atoms with van der Waals surface area (Å²) >= 11 is 0. The lowest BCUT2D eigenvalue weighted by Gasteiger charge is -2.28. The molecule has 0 saturated carbocycles. The summed E-state index contributed by atoms with van der Waals surface area (Å²) in [5.41, 5.74) is 2.90. The van der Waals surface area contributed by atoms with Crippen molar-refractivity contribution in [3.63, 3.8) is 0 Å². The minimum atomic E-state index is 0.743. The molecule has 2 aliphatic heterocycles. The lowest BCUT2D eigenvalue weighted by atomic mass is 9.93. The van der Waals surface area contributed by atoms with E-state index in [0.29, 0.717) is 0 Å². The summed E-state index contributed by atoms with van der Waals surface area (Å²) in [5, 5.41) is 3.32. The Hall–Kier alpha value is -0.900. The van der Waals surface area contributed by atoms with E-state index in [0.717, 1.165) is 51.9 Å². The van der Waals surface area contributed by atoms with Gasteiger partial charge in [-0.2, -0.15) is 0 Å². The monoisotopic (exact) mass is 232 g/mol. The van der Waals surface area contributed by atoms with Crippen LogP contribution in [0.1, 0.15) is 17.0 Å². The second-order valence-electron chi connectivity index (χ2n) is 4.99. The summed E-state index contributed by atoms with van der Waals surface area (Å²) in [4.78, 5) is 2.46. The summed E-state index contributed by atoms with van der Waals surface area (Å²) in [6, 6.07) is 9.15. The van der Waals surface area contributed by atoms with Crippen molar-refractivity contribution >= 4 is 0 Å². The smallest absolute Gasteiger partial charge is 0.0594 e. The fourth-order valence-electron chi connectivity index (χ4n) is 2.44. The highest BCUT2D eigenvalue weighted by Crippen LogP contribution is 2.20. The zero-order chi connectivity index (χ0) is 11.5. The lowest BCUT2D eigenvalue weighted by Crippen LogP contribution is -2.39. The zero-order valence-corrected chi connectivity index (χ0v) is 10.2. The van der Waals surface area contributed by atoms with Crippen molar-refractivity contribution in [3.8, 4) is 0 Å². The molecular weight excluding hydrogens is 212 g/mol. The van der Waals surface area contributed by atoms with Crippen molar-refractivity contribution in [1.82, 2.24) is 10.2 Å². The molecule has 0 aromatic heterocycles. The van der Waals surface area contributed by atoms with Gasteiger partial charge in [-0.05, 0) is 11.1 Å². The van der Waals surface area contributed by atoms with Crippen LogP contribution in [0.2, 0.25) is 0 Å². The van der Waals surface area contributed by atoms with Gasteiger partial charge in [0.1, 0.15) is 0 Å². The minimum absolute atomic E-state index is 0.743. The largest absolute Gasteiger partial charge is 0.379 e. The Morgan fingerprint density at radius 3 is 2.41 bits per heavy atom. The van der Waals surface area contributed by atoms with Crippen LogP contribution in [0.3, 0.4) is 0 Å². The predicted octanol–water partition coefficient (Wildman–Crippen LogP) is 1.21. The molecule has 0 atom stereocenters. The molecule has 92 valence electrons. The van der Waals surface area contributed by atoms with Gasteiger partial charge in [0.2, 0.25) is 0 Å². The van der Waals surface area contributed by atoms with E-state index >= 15 is 0 Å². The Morgan fingerprint density at radius 1 is 1.12 bits per heavy atom. The van der Waals surface area contributed by atoms with Crippen molar-refractivity contribution in [2.24, 2.45) is 0 Å². The number of ether oxygens (including phenoxy) is 1. The summed E-state index contributed by atoms with van der Waals surface area (Å²) in [6.07, 6.45) is 0. The van der Waals surface area contributed by atoms with E-state index in [1.54, 1.807) is 0 Å². The number of nitrogens with one attached hydrogen (secondary N) is 1. The van der Waals surface area contributed by atoms with Gasteiger partial charge in [0.15, 0.2) is 0 Å². The van der Waals surface area contributed by atoms with Gasteiger partial charge in [-0.1, -0.05) is 24.3 Å². The third-order valence-electron chi connectivity index (χ3n) is 3.74. The summed E-state index contributed by atoms with van der Waals surface area (Å²) in [5.74, 6) is 0.743. The number of hydrogen-bond donors (Lipinski definition) is 1. The molecule has 0 amide bonds. The van der Waals surface area contributed by atoms with Crippen LogP contribution in [-0.2, 0) is 11.3 Å². The van der Waals surface area contributed by atoms with E-state index in [1.165, 1.54) is 11.1 Å². The minimum Gasteiger partial charge on any atom is -0.379 e. The van der Waals surface area contributed by atoms with Crippen molar-refractivity contribution in [2.45, 2.75) is 12.5 Å². The molecule has 3 rings (SSSR count). The quantitative estimate of drug-likeness (QED) is 0.847. The van der Waals surface area contributed by atoms with Gasteiger partial charge in [-0.25, -0.2) is 0 Å². The molecule has 17 heavy (non-hydrogen) atoms. The summed E-state index contributed by atoms with van der Waals surface area (Å²) in [6.45, 7) is 7.23. The van der Waals surface area contributed by atoms with Crippen LogP contribution in [-0.4, -0.2) is 44.3 Å². The fraction of sp³-hybridized carbons (Fsp3) is 0.571. The molecule has 0 unspecified atom stereocenters. The van der Waals surface area contributed by atoms with Crippen molar-refractivity contribution in [1.29, 1.82) is 0 Å². The topological polar surface area (TPSA) is 24.5 Å². The molecule has 3 nitrogen and oxygen atoms in total. The molecule has 1 N–H and O–H groups in total. The van der Waals surface area contributed by atoms with Crippen LogP contribution in [0.25, 0.3) is 0 Å². The molecule has 0 spiro atoms. The maximum atomic E-state index is 5.36. The molecule has 2 saturated heterocycles. The van der Waals surface area contributed by atoms with Crippen LogP contribution in [0.4, 0.5) is 0 Å². The van der Waals surface area contributed by atoms with Gasteiger partial charge in [0.25, 0.3) is 0 Å². The first-order valence-electron chi connectivity index (χ1n) is 6.51. The number of morpholine rings is 1. The molecule has 1 aromatic rings. The lowest BCUT2D eigenvalue weighted by molar-refractivity contribution is 0.0342. The molecule has 1 aromatic carbocycles. The van der Waals surface area contributed by atoms with E-state index in [9.17, 15) is 0 Å². The van der Waals surface area contributed by atoms with Crippen molar-refractivity contribution < 1.29 is 4.74 Å². The van der Waals surface area contributed by atoms with Crippen LogP contribution in [0, 0.1) is 0 Å². The normalized spacial score (nSPS) is 22.4. The maximum Gasteiger partial charge on any atom is 0.0594 e. The molecule has 0 bridgehead atoms. The Balaban J connectivity index is 1.59. The van der Waals surface area contributed by atoms with Gasteiger partial charge in [0.05, 0.1) is 13.2 Å². The van der Waals surface area contributed by atoms with Crippen LogP contribution >= 0.6 is 0 Å². The van der Waals surface area contributed by atoms with Crippen LogP contribution in [0.5, 0.6) is 0 Å². The first-order valence-corrected chi connectivity index (χ1v) is 6.51. The Bertz CT molecular complexity index is 353. The molecule has 0 radical (unpaired) electrons. The summed E-state index contributed by atoms with van der Waals surface area (Å²) in [7, 11) is 0. The SMILES string of the molecule is c1cc(C2CNC2)ccc1CN1CCOCC1. The Labute approximate surface area is 103 Å². The summed E-state index contributed by atoms with van der Waals surface area (Å²) < 4.78 is 5.36. The molecule has 2 heterocycles. The average molecular weight is 232 g/mol. The van der Waals surface area contributed by atoms with Gasteiger partial charge in [-0.3, -0.25) is 4.90 Å². The number of nitrogens with zero attached hydrogens (tertiary/aromatic N) is 1. The first kappa shape index (κ1) is 11.2. The third kappa shape index (κ3) is 2.68. The van der Waals surface area contributed by atoms with Gasteiger partial charge in [0, 0.05) is 38.6 Å². The van der Waals surface area contributed by atoms with E-state index < -0.39 is 0 Å². The van der Waals surface area contributed by atoms with E-state index in [1.807, 2.05) is 0 Å². The first-order chi connectivity index (χ1) is 8.42. The third-order valence-corrected chi connectivity index (χ3v) is 3.74. The molecule has 0 aliphatic carbocycles. The Morgan fingerprint density at radius 2 is 1.82 bits per heavy atom. The van der Waals surface area contributed by atoms with Gasteiger partial charge >= 0.3 is 0 Å². The Kier molecular flexibility index (Phi) is 3.41. The molecule has 3 heteroatoms. The van der Waals surface area contributed by atoms with E-state index in [4.69, 9.17) is 4.74 Å². The van der Waals surface area contributed by atoms with Crippen molar-refractivity contribution in [2.75, 3.05) is 39.4 Å². The maximum absolute atomic E-state index is 5.36. The average Bonchev–Trinajstić information content (AvgIpc) is 2.31. The second-order valence-corrected chi connectivity index (χ2v) is 4.99. The van der Waals surface area contributed by atoms with Gasteiger partial charge < -0.3 is 10.1 Å². The predicted molar refractivity (Wildman–Crippen MR) is 68.1 cm³/mol. The highest BCUT2D eigenvalue weighted by atomic mass is 16.5.